The second-order valence-corrected chi connectivity index (χ2v) is 11.2. The van der Waals surface area contributed by atoms with Gasteiger partial charge >= 0.3 is 0 Å². The number of nitrogens with zero attached hydrogens (tertiary/aromatic N) is 4. The van der Waals surface area contributed by atoms with Crippen molar-refractivity contribution in [3.8, 4) is 11.4 Å². The first-order chi connectivity index (χ1) is 15.6. The average molecular weight is 467 g/mol. The van der Waals surface area contributed by atoms with E-state index in [2.05, 4.69) is 46.8 Å². The Morgan fingerprint density at radius 3 is 2.73 bits per heavy atom. The van der Waals surface area contributed by atoms with E-state index in [-0.39, 0.29) is 11.5 Å². The normalized spacial score (nSPS) is 19.5. The summed E-state index contributed by atoms with van der Waals surface area (Å²) in [6.45, 7) is 4.26. The van der Waals surface area contributed by atoms with Crippen LogP contribution in [0.3, 0.4) is 0 Å². The van der Waals surface area contributed by atoms with Crippen LogP contribution in [0.25, 0.3) is 11.4 Å². The first-order valence-corrected chi connectivity index (χ1v) is 12.7. The van der Waals surface area contributed by atoms with Gasteiger partial charge in [0.2, 0.25) is 10.0 Å². The number of carbonyl (C=O) groups is 1. The lowest BCUT2D eigenvalue weighted by Gasteiger charge is -2.39. The molecule has 3 aromatic rings. The minimum atomic E-state index is -3.87. The quantitative estimate of drug-likeness (QED) is 0.534. The van der Waals surface area contributed by atoms with Crippen molar-refractivity contribution >= 4 is 21.5 Å². The predicted octanol–water partition coefficient (Wildman–Crippen LogP) is 2.98. The molecule has 2 aromatic carbocycles. The van der Waals surface area contributed by atoms with Crippen LogP contribution in [0.5, 0.6) is 0 Å². The zero-order valence-electron chi connectivity index (χ0n) is 18.5. The second-order valence-electron chi connectivity index (χ2n) is 9.58. The van der Waals surface area contributed by atoms with E-state index in [1.807, 2.05) is 22.9 Å². The number of primary sulfonamides is 1. The highest BCUT2D eigenvalue weighted by atomic mass is 32.2. The zero-order valence-corrected chi connectivity index (χ0v) is 19.3. The third-order valence-electron chi connectivity index (χ3n) is 6.38. The van der Waals surface area contributed by atoms with Crippen molar-refractivity contribution in [1.29, 1.82) is 0 Å². The van der Waals surface area contributed by atoms with Gasteiger partial charge in [-0.2, -0.15) is 0 Å². The molecule has 1 fully saturated rings. The molecule has 0 saturated heterocycles. The number of benzene rings is 2. The van der Waals surface area contributed by atoms with Gasteiger partial charge in [0.05, 0.1) is 12.1 Å². The number of Topliss-reactive ketones (excluding diaryl/α,β-unsaturated/α-hetero) is 1. The molecule has 0 spiro atoms. The van der Waals surface area contributed by atoms with Gasteiger partial charge < -0.3 is 5.32 Å². The van der Waals surface area contributed by atoms with E-state index in [0.717, 1.165) is 47.5 Å². The van der Waals surface area contributed by atoms with Gasteiger partial charge in [-0.05, 0) is 70.5 Å². The summed E-state index contributed by atoms with van der Waals surface area (Å²) in [5.41, 5.74) is 4.13. The number of hydrogen-bond acceptors (Lipinski definition) is 7. The molecule has 5 rings (SSSR count). The zero-order chi connectivity index (χ0) is 23.4. The lowest BCUT2D eigenvalue weighted by molar-refractivity contribution is 0.102. The van der Waals surface area contributed by atoms with Crippen LogP contribution in [0.2, 0.25) is 0 Å². The summed E-state index contributed by atoms with van der Waals surface area (Å²) < 4.78 is 24.6. The Bertz CT molecular complexity index is 1340. The van der Waals surface area contributed by atoms with Gasteiger partial charge in [-0.25, -0.2) is 18.2 Å². The number of anilines is 1. The molecule has 2 aliphatic rings. The van der Waals surface area contributed by atoms with E-state index < -0.39 is 21.6 Å². The number of sulfonamides is 1. The molecule has 1 aliphatic carbocycles. The maximum Gasteiger partial charge on any atom is 0.216 e. The third kappa shape index (κ3) is 4.40. The molecule has 9 nitrogen and oxygen atoms in total. The van der Waals surface area contributed by atoms with Crippen molar-refractivity contribution in [3.63, 3.8) is 0 Å². The van der Waals surface area contributed by atoms with Crippen molar-refractivity contribution in [1.82, 2.24) is 20.2 Å². The Hall–Kier alpha value is -3.11. The summed E-state index contributed by atoms with van der Waals surface area (Å²) in [7, 11) is -3.87. The molecule has 0 radical (unpaired) electrons. The SMILES string of the molecule is CC1(C)CC(c2cccc(-c3nnnn3C3CC3)c2)Nc2ccc(C(=O)CS(N)(=O)=O)cc21. The van der Waals surface area contributed by atoms with Crippen LogP contribution in [0.1, 0.15) is 66.7 Å². The summed E-state index contributed by atoms with van der Waals surface area (Å²) in [4.78, 5) is 12.4. The van der Waals surface area contributed by atoms with E-state index in [0.29, 0.717) is 11.6 Å². The highest BCUT2D eigenvalue weighted by Crippen LogP contribution is 2.45. The van der Waals surface area contributed by atoms with Crippen LogP contribution in [0.4, 0.5) is 5.69 Å². The number of fused-ring (bicyclic) bond motifs is 1. The third-order valence-corrected chi connectivity index (χ3v) is 7.04. The molecule has 1 unspecified atom stereocenters. The molecule has 33 heavy (non-hydrogen) atoms. The van der Waals surface area contributed by atoms with E-state index in [1.54, 1.807) is 12.1 Å². The predicted molar refractivity (Wildman–Crippen MR) is 124 cm³/mol. The molecule has 0 bridgehead atoms. The first kappa shape index (κ1) is 21.7. The molecule has 1 saturated carbocycles. The Kier molecular flexibility index (Phi) is 5.09. The number of nitrogens with two attached hydrogens (primary N) is 1. The lowest BCUT2D eigenvalue weighted by Crippen LogP contribution is -2.31. The molecular formula is C23H26N6O3S. The van der Waals surface area contributed by atoms with Gasteiger partial charge in [-0.15, -0.1) is 5.10 Å². The number of nitrogens with one attached hydrogen (secondary N) is 1. The summed E-state index contributed by atoms with van der Waals surface area (Å²) >= 11 is 0. The van der Waals surface area contributed by atoms with Crippen LogP contribution >= 0.6 is 0 Å². The maximum absolute atomic E-state index is 12.4. The molecule has 3 N–H and O–H groups in total. The number of tetrazole rings is 1. The Morgan fingerprint density at radius 1 is 1.21 bits per heavy atom. The van der Waals surface area contributed by atoms with Crippen molar-refractivity contribution < 1.29 is 13.2 Å². The Balaban J connectivity index is 1.44. The molecule has 10 heteroatoms. The second kappa shape index (κ2) is 7.74. The van der Waals surface area contributed by atoms with Gasteiger partial charge in [0.15, 0.2) is 11.6 Å². The molecule has 1 aromatic heterocycles. The van der Waals surface area contributed by atoms with Crippen LogP contribution in [-0.4, -0.2) is 40.2 Å². The molecule has 1 aliphatic heterocycles. The van der Waals surface area contributed by atoms with Crippen molar-refractivity contribution in [3.05, 3.63) is 59.2 Å². The van der Waals surface area contributed by atoms with Gasteiger partial charge in [0.25, 0.3) is 0 Å². The van der Waals surface area contributed by atoms with E-state index in [4.69, 9.17) is 5.14 Å². The van der Waals surface area contributed by atoms with Crippen molar-refractivity contribution in [2.24, 2.45) is 5.14 Å². The van der Waals surface area contributed by atoms with E-state index >= 15 is 0 Å². The smallest absolute Gasteiger partial charge is 0.216 e. The number of ketones is 1. The van der Waals surface area contributed by atoms with Gasteiger partial charge in [-0.3, -0.25) is 4.79 Å². The highest BCUT2D eigenvalue weighted by Gasteiger charge is 2.34. The van der Waals surface area contributed by atoms with E-state index in [1.165, 1.54) is 0 Å². The first-order valence-electron chi connectivity index (χ1n) is 10.9. The number of carbonyl (C=O) groups excluding carboxylic acids is 1. The minimum Gasteiger partial charge on any atom is -0.378 e. The fraction of sp³-hybridized carbons (Fsp3) is 0.391. The van der Waals surface area contributed by atoms with Gasteiger partial charge in [-0.1, -0.05) is 32.0 Å². The lowest BCUT2D eigenvalue weighted by atomic mass is 9.73. The Labute approximate surface area is 192 Å². The van der Waals surface area contributed by atoms with Crippen LogP contribution in [-0.2, 0) is 15.4 Å². The maximum atomic E-state index is 12.4. The Morgan fingerprint density at radius 2 is 2.00 bits per heavy atom. The molecular weight excluding hydrogens is 440 g/mol. The molecule has 0 amide bonds. The molecule has 2 heterocycles. The topological polar surface area (TPSA) is 133 Å². The van der Waals surface area contributed by atoms with Crippen LogP contribution in [0, 0.1) is 0 Å². The monoisotopic (exact) mass is 466 g/mol. The summed E-state index contributed by atoms with van der Waals surface area (Å²) in [6.07, 6.45) is 3.01. The number of hydrogen-bond donors (Lipinski definition) is 2. The average Bonchev–Trinajstić information content (AvgIpc) is 3.48. The van der Waals surface area contributed by atoms with Crippen molar-refractivity contribution in [2.45, 2.75) is 50.6 Å². The summed E-state index contributed by atoms with van der Waals surface area (Å²) in [6, 6.07) is 14.0. The van der Waals surface area contributed by atoms with Crippen molar-refractivity contribution in [2.75, 3.05) is 11.1 Å². The van der Waals surface area contributed by atoms with Gasteiger partial charge in [0, 0.05) is 16.8 Å². The number of rotatable bonds is 6. The number of aromatic nitrogens is 4. The minimum absolute atomic E-state index is 0.0590. The largest absolute Gasteiger partial charge is 0.378 e. The standard InChI is InChI=1S/C23H26N6O3S/c1-23(2)12-20(25-19-9-6-15(11-18(19)23)21(30)13-33(24,31)32)14-4-3-5-16(10-14)22-26-27-28-29(22)17-7-8-17/h3-6,9-11,17,20,25H,7-8,12-13H2,1-2H3,(H2,24,31,32). The molecule has 1 atom stereocenters. The summed E-state index contributed by atoms with van der Waals surface area (Å²) in [5.74, 6) is -0.415. The van der Waals surface area contributed by atoms with E-state index in [9.17, 15) is 13.2 Å². The summed E-state index contributed by atoms with van der Waals surface area (Å²) in [5, 5.41) is 20.9. The van der Waals surface area contributed by atoms with Gasteiger partial charge in [0.1, 0.15) is 5.75 Å². The fourth-order valence-corrected chi connectivity index (χ4v) is 5.11. The van der Waals surface area contributed by atoms with Crippen LogP contribution < -0.4 is 10.5 Å². The fourth-order valence-electron chi connectivity index (χ4n) is 4.57. The van der Waals surface area contributed by atoms with Crippen LogP contribution in [0.15, 0.2) is 42.5 Å². The molecule has 172 valence electrons. The highest BCUT2D eigenvalue weighted by molar-refractivity contribution is 7.89.